The summed E-state index contributed by atoms with van der Waals surface area (Å²) in [5, 5.41) is 0.551. The Morgan fingerprint density at radius 2 is 1.82 bits per heavy atom. The molecule has 0 atom stereocenters. The highest BCUT2D eigenvalue weighted by Gasteiger charge is 2.32. The van der Waals surface area contributed by atoms with Crippen molar-refractivity contribution >= 4 is 40.6 Å². The van der Waals surface area contributed by atoms with Gasteiger partial charge >= 0.3 is 5.97 Å². The van der Waals surface area contributed by atoms with Gasteiger partial charge in [0.05, 0.1) is 29.9 Å². The number of methoxy groups -OCH3 is 1. The van der Waals surface area contributed by atoms with Crippen LogP contribution in [0.1, 0.15) is 35.3 Å². The van der Waals surface area contributed by atoms with Gasteiger partial charge in [-0.2, -0.15) is 0 Å². The van der Waals surface area contributed by atoms with E-state index in [0.717, 1.165) is 5.56 Å². The van der Waals surface area contributed by atoms with Crippen LogP contribution >= 0.6 is 11.8 Å². The van der Waals surface area contributed by atoms with E-state index in [2.05, 4.69) is 4.99 Å². The van der Waals surface area contributed by atoms with Crippen molar-refractivity contribution in [2.24, 2.45) is 4.99 Å². The van der Waals surface area contributed by atoms with E-state index in [-0.39, 0.29) is 18.3 Å². The average Bonchev–Trinajstić information content (AvgIpc) is 3.21. The van der Waals surface area contributed by atoms with E-state index in [4.69, 9.17) is 14.2 Å². The lowest BCUT2D eigenvalue weighted by molar-refractivity contribution is -0.122. The van der Waals surface area contributed by atoms with Crippen molar-refractivity contribution in [2.75, 3.05) is 20.3 Å². The summed E-state index contributed by atoms with van der Waals surface area (Å²) in [5.74, 6) is 0.162. The average molecular weight is 535 g/mol. The molecule has 3 aromatic rings. The number of hydrogen-bond acceptors (Lipinski definition) is 7. The monoisotopic (exact) mass is 534 g/mol. The van der Waals surface area contributed by atoms with Crippen LogP contribution in [-0.2, 0) is 16.1 Å². The van der Waals surface area contributed by atoms with Crippen molar-refractivity contribution in [3.05, 3.63) is 94.1 Å². The zero-order valence-electron chi connectivity index (χ0n) is 21.3. The molecule has 0 bridgehead atoms. The summed E-state index contributed by atoms with van der Waals surface area (Å²) in [6.07, 6.45) is 1.79. The number of carbonyl (C=O) groups excluding carboxylic acids is 2. The molecule has 196 valence electrons. The quantitative estimate of drug-likeness (QED) is 0.240. The van der Waals surface area contributed by atoms with Crippen molar-refractivity contribution in [2.45, 2.75) is 20.5 Å². The number of aliphatic imine (C=N–C) groups is 1. The van der Waals surface area contributed by atoms with E-state index in [9.17, 15) is 14.0 Å². The molecule has 9 heteroatoms. The highest BCUT2D eigenvalue weighted by molar-refractivity contribution is 8.18. The third-order valence-corrected chi connectivity index (χ3v) is 6.57. The molecule has 1 aliphatic rings. The lowest BCUT2D eigenvalue weighted by Crippen LogP contribution is -2.28. The van der Waals surface area contributed by atoms with E-state index >= 15 is 0 Å². The first-order valence-corrected chi connectivity index (χ1v) is 12.9. The van der Waals surface area contributed by atoms with Crippen LogP contribution in [0.5, 0.6) is 11.5 Å². The predicted molar refractivity (Wildman–Crippen MR) is 146 cm³/mol. The molecule has 0 aliphatic carbocycles. The molecule has 0 unspecified atom stereocenters. The fourth-order valence-corrected chi connectivity index (χ4v) is 4.77. The maximum absolute atomic E-state index is 13.5. The Bertz CT molecular complexity index is 1390. The summed E-state index contributed by atoms with van der Waals surface area (Å²) in [5.41, 5.74) is 2.51. The summed E-state index contributed by atoms with van der Waals surface area (Å²) in [4.78, 5) is 31.5. The van der Waals surface area contributed by atoms with Gasteiger partial charge in [-0.15, -0.1) is 0 Å². The minimum absolute atomic E-state index is 0.146. The highest BCUT2D eigenvalue weighted by Crippen LogP contribution is 2.36. The van der Waals surface area contributed by atoms with Crippen LogP contribution in [0, 0.1) is 5.82 Å². The number of thioether (sulfide) groups is 1. The smallest absolute Gasteiger partial charge is 0.337 e. The van der Waals surface area contributed by atoms with Crippen molar-refractivity contribution < 1.29 is 28.2 Å². The van der Waals surface area contributed by atoms with Crippen LogP contribution < -0.4 is 9.47 Å². The summed E-state index contributed by atoms with van der Waals surface area (Å²) in [7, 11) is 1.33. The van der Waals surface area contributed by atoms with Gasteiger partial charge in [0.25, 0.3) is 5.91 Å². The van der Waals surface area contributed by atoms with E-state index in [0.29, 0.717) is 51.5 Å². The van der Waals surface area contributed by atoms with E-state index in [1.807, 2.05) is 26.0 Å². The summed E-state index contributed by atoms with van der Waals surface area (Å²) in [6.45, 7) is 4.84. The largest absolute Gasteiger partial charge is 0.490 e. The molecule has 0 N–H and O–H groups in total. The van der Waals surface area contributed by atoms with Crippen LogP contribution in [0.25, 0.3) is 6.08 Å². The number of benzene rings is 3. The van der Waals surface area contributed by atoms with Gasteiger partial charge in [0, 0.05) is 6.54 Å². The normalized spacial score (nSPS) is 15.3. The Morgan fingerprint density at radius 1 is 1.03 bits per heavy atom. The number of carbonyl (C=O) groups is 2. The Labute approximate surface area is 224 Å². The Morgan fingerprint density at radius 3 is 2.50 bits per heavy atom. The standard InChI is InChI=1S/C29H27FN2O5S/c1-4-32-27(33)26(38-29(32)31-23-12-10-21(11-13-23)28(34)35-3)17-19-9-14-24(25(16-19)36-5-2)37-18-20-7-6-8-22(30)15-20/h6-17H,4-5,18H2,1-3H3. The third kappa shape index (κ3) is 6.41. The number of halogens is 1. The zero-order valence-corrected chi connectivity index (χ0v) is 22.1. The van der Waals surface area contributed by atoms with Crippen LogP contribution in [0.2, 0.25) is 0 Å². The Balaban J connectivity index is 1.54. The van der Waals surface area contributed by atoms with Gasteiger partial charge in [-0.3, -0.25) is 9.69 Å². The van der Waals surface area contributed by atoms with E-state index in [1.54, 1.807) is 53.4 Å². The Kier molecular flexibility index (Phi) is 8.81. The summed E-state index contributed by atoms with van der Waals surface area (Å²) >= 11 is 1.28. The lowest BCUT2D eigenvalue weighted by Gasteiger charge is -2.13. The van der Waals surface area contributed by atoms with Crippen LogP contribution in [0.3, 0.4) is 0 Å². The van der Waals surface area contributed by atoms with Crippen molar-refractivity contribution in [3.8, 4) is 11.5 Å². The SMILES string of the molecule is CCOc1cc(C=C2SC(=Nc3ccc(C(=O)OC)cc3)N(CC)C2=O)ccc1OCc1cccc(F)c1. The number of amidine groups is 1. The van der Waals surface area contributed by atoms with Gasteiger partial charge in [-0.25, -0.2) is 14.2 Å². The fraction of sp³-hybridized carbons (Fsp3) is 0.207. The molecule has 4 rings (SSSR count). The molecule has 0 aromatic heterocycles. The minimum atomic E-state index is -0.424. The van der Waals surface area contributed by atoms with E-state index in [1.165, 1.54) is 31.0 Å². The van der Waals surface area contributed by atoms with Gasteiger partial charge in [-0.05, 0) is 91.3 Å². The fourth-order valence-electron chi connectivity index (χ4n) is 3.71. The van der Waals surface area contributed by atoms with Crippen LogP contribution in [0.4, 0.5) is 10.1 Å². The summed E-state index contributed by atoms with van der Waals surface area (Å²) < 4.78 is 29.9. The molecular weight excluding hydrogens is 507 g/mol. The maximum atomic E-state index is 13.5. The second-order valence-electron chi connectivity index (χ2n) is 8.15. The molecule has 1 saturated heterocycles. The van der Waals surface area contributed by atoms with Crippen molar-refractivity contribution in [1.82, 2.24) is 4.90 Å². The molecule has 0 saturated carbocycles. The van der Waals surface area contributed by atoms with Crippen molar-refractivity contribution in [3.63, 3.8) is 0 Å². The second-order valence-corrected chi connectivity index (χ2v) is 9.16. The zero-order chi connectivity index (χ0) is 27.1. The predicted octanol–water partition coefficient (Wildman–Crippen LogP) is 6.21. The molecule has 38 heavy (non-hydrogen) atoms. The molecule has 1 heterocycles. The molecule has 1 fully saturated rings. The van der Waals surface area contributed by atoms with Crippen LogP contribution in [0.15, 0.2) is 76.6 Å². The molecule has 1 aliphatic heterocycles. The number of nitrogens with zero attached hydrogens (tertiary/aromatic N) is 2. The Hall–Kier alpha value is -4.11. The molecule has 0 radical (unpaired) electrons. The minimum Gasteiger partial charge on any atom is -0.490 e. The number of likely N-dealkylation sites (N-methyl/N-ethyl adjacent to an activating group) is 1. The maximum Gasteiger partial charge on any atom is 0.337 e. The van der Waals surface area contributed by atoms with Gasteiger partial charge in [-0.1, -0.05) is 18.2 Å². The van der Waals surface area contributed by atoms with Gasteiger partial charge < -0.3 is 14.2 Å². The highest BCUT2D eigenvalue weighted by atomic mass is 32.2. The van der Waals surface area contributed by atoms with Crippen molar-refractivity contribution in [1.29, 1.82) is 0 Å². The van der Waals surface area contributed by atoms with Gasteiger partial charge in [0.1, 0.15) is 12.4 Å². The number of amides is 1. The van der Waals surface area contributed by atoms with Crippen LogP contribution in [-0.4, -0.2) is 42.2 Å². The number of hydrogen-bond donors (Lipinski definition) is 0. The van der Waals surface area contributed by atoms with E-state index < -0.39 is 5.97 Å². The van der Waals surface area contributed by atoms with Gasteiger partial charge in [0.15, 0.2) is 16.7 Å². The molecule has 3 aromatic carbocycles. The van der Waals surface area contributed by atoms with Gasteiger partial charge in [0.2, 0.25) is 0 Å². The first-order valence-electron chi connectivity index (χ1n) is 12.0. The number of rotatable bonds is 9. The first-order chi connectivity index (χ1) is 18.4. The topological polar surface area (TPSA) is 77.4 Å². The molecular formula is C29H27FN2O5S. The molecule has 7 nitrogen and oxygen atoms in total. The molecule has 1 amide bonds. The second kappa shape index (κ2) is 12.4. The first kappa shape index (κ1) is 26.9. The third-order valence-electron chi connectivity index (χ3n) is 5.57. The number of ether oxygens (including phenoxy) is 3. The number of esters is 1. The lowest BCUT2D eigenvalue weighted by atomic mass is 10.1. The summed E-state index contributed by atoms with van der Waals surface area (Å²) in [6, 6.07) is 18.3. The molecule has 0 spiro atoms.